The van der Waals surface area contributed by atoms with E-state index >= 15 is 0 Å². The number of aromatic hydroxyl groups is 1. The van der Waals surface area contributed by atoms with E-state index in [1.807, 2.05) is 18.2 Å². The van der Waals surface area contributed by atoms with Gasteiger partial charge < -0.3 is 5.11 Å². The molecule has 0 amide bonds. The van der Waals surface area contributed by atoms with E-state index in [1.165, 1.54) is 6.07 Å². The molecule has 0 saturated carbocycles. The van der Waals surface area contributed by atoms with Crippen LogP contribution in [0.1, 0.15) is 11.1 Å². The van der Waals surface area contributed by atoms with Gasteiger partial charge in [0.2, 0.25) is 0 Å². The van der Waals surface area contributed by atoms with Gasteiger partial charge in [-0.1, -0.05) is 17.7 Å². The lowest BCUT2D eigenvalue weighted by Crippen LogP contribution is -1.89. The van der Waals surface area contributed by atoms with Gasteiger partial charge in [-0.05, 0) is 41.8 Å². The first-order valence-electron chi connectivity index (χ1n) is 4.54. The SMILES string of the molecule is Oc1cc(Cl)cc(Cc2[c]nccc2)c1. The minimum Gasteiger partial charge on any atom is -0.508 e. The van der Waals surface area contributed by atoms with Gasteiger partial charge in [0.1, 0.15) is 5.75 Å². The number of benzene rings is 1. The zero-order chi connectivity index (χ0) is 10.7. The summed E-state index contributed by atoms with van der Waals surface area (Å²) in [6.45, 7) is 0. The highest BCUT2D eigenvalue weighted by Gasteiger charge is 2.00. The number of hydrogen-bond acceptors (Lipinski definition) is 2. The Bertz CT molecular complexity index is 436. The van der Waals surface area contributed by atoms with Crippen molar-refractivity contribution in [2.75, 3.05) is 0 Å². The van der Waals surface area contributed by atoms with Gasteiger partial charge in [-0.25, -0.2) is 0 Å². The lowest BCUT2D eigenvalue weighted by atomic mass is 10.1. The number of aromatic nitrogens is 1. The van der Waals surface area contributed by atoms with Crippen LogP contribution in [0.15, 0.2) is 36.5 Å². The Labute approximate surface area is 93.2 Å². The third-order valence-corrected chi connectivity index (χ3v) is 2.22. The molecule has 0 aliphatic rings. The molecule has 0 aliphatic carbocycles. The largest absolute Gasteiger partial charge is 0.508 e. The van der Waals surface area contributed by atoms with Gasteiger partial charge in [-0.15, -0.1) is 0 Å². The van der Waals surface area contributed by atoms with Gasteiger partial charge in [0.25, 0.3) is 0 Å². The van der Waals surface area contributed by atoms with E-state index in [4.69, 9.17) is 11.6 Å². The van der Waals surface area contributed by atoms with E-state index < -0.39 is 0 Å². The average Bonchev–Trinajstić information content (AvgIpc) is 2.17. The third-order valence-electron chi connectivity index (χ3n) is 2.00. The molecule has 0 aliphatic heterocycles. The van der Waals surface area contributed by atoms with Gasteiger partial charge >= 0.3 is 0 Å². The second-order valence-electron chi connectivity index (χ2n) is 3.27. The number of pyridine rings is 1. The molecule has 2 aromatic rings. The summed E-state index contributed by atoms with van der Waals surface area (Å²) >= 11 is 5.83. The molecule has 0 unspecified atom stereocenters. The van der Waals surface area contributed by atoms with Crippen LogP contribution in [0.2, 0.25) is 5.02 Å². The normalized spacial score (nSPS) is 10.2. The van der Waals surface area contributed by atoms with E-state index in [0.717, 1.165) is 11.1 Å². The molecule has 0 bridgehead atoms. The number of phenolic OH excluding ortho intramolecular Hbond substituents is 1. The van der Waals surface area contributed by atoms with E-state index in [2.05, 4.69) is 11.2 Å². The molecule has 1 aromatic heterocycles. The summed E-state index contributed by atoms with van der Waals surface area (Å²) in [5, 5.41) is 9.90. The van der Waals surface area contributed by atoms with Gasteiger partial charge in [0, 0.05) is 11.2 Å². The van der Waals surface area contributed by atoms with Gasteiger partial charge in [0.05, 0.1) is 6.20 Å². The predicted molar refractivity (Wildman–Crippen MR) is 59.0 cm³/mol. The number of hydrogen-bond donors (Lipinski definition) is 1. The van der Waals surface area contributed by atoms with E-state index in [0.29, 0.717) is 11.4 Å². The van der Waals surface area contributed by atoms with Crippen LogP contribution in [0, 0.1) is 6.20 Å². The molecular weight excluding hydrogens is 210 g/mol. The van der Waals surface area contributed by atoms with Gasteiger partial charge in [-0.3, -0.25) is 4.98 Å². The second kappa shape index (κ2) is 4.32. The Balaban J connectivity index is 2.25. The second-order valence-corrected chi connectivity index (χ2v) is 3.71. The van der Waals surface area contributed by atoms with Crippen molar-refractivity contribution < 1.29 is 5.11 Å². The number of nitrogens with zero attached hydrogens (tertiary/aromatic N) is 1. The lowest BCUT2D eigenvalue weighted by molar-refractivity contribution is 0.475. The van der Waals surface area contributed by atoms with Crippen molar-refractivity contribution in [3.05, 3.63) is 58.9 Å². The predicted octanol–water partition coefficient (Wildman–Crippen LogP) is 2.83. The molecule has 1 N–H and O–H groups in total. The maximum absolute atomic E-state index is 9.36. The summed E-state index contributed by atoms with van der Waals surface area (Å²) in [4.78, 5) is 3.91. The quantitative estimate of drug-likeness (QED) is 0.841. The molecule has 2 nitrogen and oxygen atoms in total. The maximum Gasteiger partial charge on any atom is 0.117 e. The highest BCUT2D eigenvalue weighted by molar-refractivity contribution is 6.30. The topological polar surface area (TPSA) is 33.1 Å². The molecule has 15 heavy (non-hydrogen) atoms. The fourth-order valence-electron chi connectivity index (χ4n) is 1.41. The number of halogens is 1. The summed E-state index contributed by atoms with van der Waals surface area (Å²) in [6, 6.07) is 8.81. The molecule has 3 heteroatoms. The standard InChI is InChI=1S/C12H9ClNO/c13-11-5-10(6-12(15)7-11)4-9-2-1-3-14-8-9/h1-3,5-7,15H,4H2. The Morgan fingerprint density at radius 2 is 2.20 bits per heavy atom. The zero-order valence-corrected chi connectivity index (χ0v) is 8.70. The molecule has 0 fully saturated rings. The summed E-state index contributed by atoms with van der Waals surface area (Å²) < 4.78 is 0. The van der Waals surface area contributed by atoms with Crippen molar-refractivity contribution in [2.45, 2.75) is 6.42 Å². The van der Waals surface area contributed by atoms with E-state index in [9.17, 15) is 5.11 Å². The van der Waals surface area contributed by atoms with Crippen LogP contribution in [0.4, 0.5) is 0 Å². The lowest BCUT2D eigenvalue weighted by Gasteiger charge is -2.02. The van der Waals surface area contributed by atoms with Crippen molar-refractivity contribution in [1.29, 1.82) is 0 Å². The van der Waals surface area contributed by atoms with E-state index in [-0.39, 0.29) is 5.75 Å². The zero-order valence-electron chi connectivity index (χ0n) is 7.94. The first-order valence-corrected chi connectivity index (χ1v) is 4.92. The summed E-state index contributed by atoms with van der Waals surface area (Å²) in [6.07, 6.45) is 5.23. The minimum atomic E-state index is 0.182. The Hall–Kier alpha value is -1.54. The van der Waals surface area contributed by atoms with Crippen LogP contribution in [0.5, 0.6) is 5.75 Å². The number of phenols is 1. The van der Waals surface area contributed by atoms with Crippen molar-refractivity contribution >= 4 is 11.6 Å². The van der Waals surface area contributed by atoms with Crippen LogP contribution in [-0.4, -0.2) is 10.1 Å². The molecule has 0 saturated heterocycles. The van der Waals surface area contributed by atoms with E-state index in [1.54, 1.807) is 12.3 Å². The monoisotopic (exact) mass is 218 g/mol. The Morgan fingerprint density at radius 3 is 2.87 bits per heavy atom. The van der Waals surface area contributed by atoms with Crippen LogP contribution >= 0.6 is 11.6 Å². The third kappa shape index (κ3) is 2.70. The molecule has 0 spiro atoms. The highest BCUT2D eigenvalue weighted by Crippen LogP contribution is 2.21. The van der Waals surface area contributed by atoms with Crippen molar-refractivity contribution in [1.82, 2.24) is 4.98 Å². The van der Waals surface area contributed by atoms with Crippen molar-refractivity contribution in [2.24, 2.45) is 0 Å². The first-order chi connectivity index (χ1) is 7.24. The molecule has 0 atom stereocenters. The molecular formula is C12H9ClNO. The first kappa shape index (κ1) is 9.99. The molecule has 1 heterocycles. The number of rotatable bonds is 2. The highest BCUT2D eigenvalue weighted by atomic mass is 35.5. The Kier molecular flexibility index (Phi) is 2.88. The van der Waals surface area contributed by atoms with Crippen molar-refractivity contribution in [3.8, 4) is 5.75 Å². The summed E-state index contributed by atoms with van der Waals surface area (Å²) in [5.74, 6) is 0.182. The minimum absolute atomic E-state index is 0.182. The van der Waals surface area contributed by atoms with Crippen LogP contribution in [0.3, 0.4) is 0 Å². The Morgan fingerprint density at radius 1 is 1.33 bits per heavy atom. The molecule has 75 valence electrons. The fourth-order valence-corrected chi connectivity index (χ4v) is 1.67. The summed E-state index contributed by atoms with van der Waals surface area (Å²) in [5.41, 5.74) is 1.92. The smallest absolute Gasteiger partial charge is 0.117 e. The average molecular weight is 219 g/mol. The fraction of sp³-hybridized carbons (Fsp3) is 0.0833. The molecule has 1 radical (unpaired) electrons. The van der Waals surface area contributed by atoms with Crippen LogP contribution < -0.4 is 0 Å². The summed E-state index contributed by atoms with van der Waals surface area (Å²) in [7, 11) is 0. The van der Waals surface area contributed by atoms with Gasteiger partial charge in [0.15, 0.2) is 0 Å². The van der Waals surface area contributed by atoms with Crippen molar-refractivity contribution in [3.63, 3.8) is 0 Å². The molecule has 2 rings (SSSR count). The van der Waals surface area contributed by atoms with Crippen LogP contribution in [0.25, 0.3) is 0 Å². The van der Waals surface area contributed by atoms with Gasteiger partial charge in [-0.2, -0.15) is 0 Å². The molecule has 1 aromatic carbocycles. The maximum atomic E-state index is 9.36. The van der Waals surface area contributed by atoms with Crippen LogP contribution in [-0.2, 0) is 6.42 Å².